The van der Waals surface area contributed by atoms with Gasteiger partial charge in [-0.2, -0.15) is 0 Å². The topological polar surface area (TPSA) is 9.72 Å². The van der Waals surface area contributed by atoms with Crippen LogP contribution in [0.15, 0.2) is 218 Å². The minimum Gasteiger partial charge on any atom is -0.310 e. The van der Waals surface area contributed by atoms with Crippen LogP contribution in [0.1, 0.15) is 22.3 Å². The van der Waals surface area contributed by atoms with Crippen molar-refractivity contribution < 1.29 is 0 Å². The lowest BCUT2D eigenvalue weighted by Crippen LogP contribution is -2.15. The highest BCUT2D eigenvalue weighted by Crippen LogP contribution is 2.45. The zero-order valence-electron chi connectivity index (χ0n) is 35.7. The molecule has 9 rings (SSSR count). The van der Waals surface area contributed by atoms with Crippen molar-refractivity contribution >= 4 is 65.7 Å². The molecule has 0 saturated heterocycles. The van der Waals surface area contributed by atoms with Gasteiger partial charge in [-0.15, -0.1) is 9.24 Å². The summed E-state index contributed by atoms with van der Waals surface area (Å²) in [6.45, 7) is 8.54. The van der Waals surface area contributed by atoms with Crippen molar-refractivity contribution in [3.8, 4) is 22.3 Å². The van der Waals surface area contributed by atoms with Gasteiger partial charge >= 0.3 is 0 Å². The first-order chi connectivity index (χ1) is 30.3. The largest absolute Gasteiger partial charge is 0.310 e. The Balaban J connectivity index is 1.11. The smallest absolute Gasteiger partial charge is 0.0540 e. The zero-order chi connectivity index (χ0) is 42.6. The molecule has 0 fully saturated rings. The number of aryl methyl sites for hydroxylation is 4. The molecule has 0 bridgehead atoms. The summed E-state index contributed by atoms with van der Waals surface area (Å²) in [7, 11) is 2.91. The Labute approximate surface area is 369 Å². The van der Waals surface area contributed by atoms with Gasteiger partial charge in [-0.25, -0.2) is 0 Å². The van der Waals surface area contributed by atoms with Gasteiger partial charge in [0.2, 0.25) is 0 Å². The zero-order valence-corrected chi connectivity index (χ0v) is 36.9. The molecular weight excluding hydrogens is 770 g/mol. The third-order valence-corrected chi connectivity index (χ3v) is 12.0. The summed E-state index contributed by atoms with van der Waals surface area (Å²) in [5.74, 6) is 0. The van der Waals surface area contributed by atoms with Crippen LogP contribution in [0.3, 0.4) is 0 Å². The number of hydrogen-bond acceptors (Lipinski definition) is 3. The van der Waals surface area contributed by atoms with Crippen LogP contribution in [0.2, 0.25) is 0 Å². The maximum atomic E-state index is 2.91. The summed E-state index contributed by atoms with van der Waals surface area (Å²) >= 11 is 0. The van der Waals surface area contributed by atoms with Gasteiger partial charge in [-0.05, 0) is 135 Å². The first-order valence-electron chi connectivity index (χ1n) is 21.2. The lowest BCUT2D eigenvalue weighted by molar-refractivity contribution is 1.26. The first kappa shape index (κ1) is 40.2. The van der Waals surface area contributed by atoms with E-state index in [2.05, 4.69) is 270 Å². The Kier molecular flexibility index (Phi) is 11.6. The van der Waals surface area contributed by atoms with Gasteiger partial charge in [0.1, 0.15) is 0 Å². The first-order valence-corrected chi connectivity index (χ1v) is 21.8. The highest BCUT2D eigenvalue weighted by molar-refractivity contribution is 7.28. The average molecular weight is 820 g/mol. The standard InChI is InChI=1S/C58H50N3P/c1-41-17-29-47(30-18-41)59(48-31-19-42(2)20-32-48)55-13-7-5-11-53(55)45-25-37-51(38-26-45)60(49-33-21-43(3)22-34-49)56-14-8-6-12-54(56)46-27-39-52(40-28-46)61(50-35-23-44(4)24-36-50)57-15-9-10-16-58(57)62/h5-40H,62H2,1-4H3. The fourth-order valence-electron chi connectivity index (χ4n) is 8.15. The Hall–Kier alpha value is -7.19. The van der Waals surface area contributed by atoms with E-state index < -0.39 is 0 Å². The van der Waals surface area contributed by atoms with E-state index in [0.29, 0.717) is 0 Å². The molecule has 0 amide bonds. The van der Waals surface area contributed by atoms with Gasteiger partial charge in [0, 0.05) is 45.3 Å². The molecule has 1 atom stereocenters. The third-order valence-electron chi connectivity index (χ3n) is 11.5. The molecule has 302 valence electrons. The lowest BCUT2D eigenvalue weighted by atomic mass is 9.99. The summed E-state index contributed by atoms with van der Waals surface area (Å²) in [6, 6.07) is 79.1. The second kappa shape index (κ2) is 17.8. The summed E-state index contributed by atoms with van der Waals surface area (Å²) in [5, 5.41) is 1.14. The highest BCUT2D eigenvalue weighted by Gasteiger charge is 2.21. The number of para-hydroxylation sites is 3. The van der Waals surface area contributed by atoms with Crippen molar-refractivity contribution in [3.05, 3.63) is 241 Å². The Morgan fingerprint density at radius 1 is 0.258 bits per heavy atom. The second-order valence-electron chi connectivity index (χ2n) is 16.0. The van der Waals surface area contributed by atoms with Crippen LogP contribution in [-0.2, 0) is 0 Å². The molecule has 62 heavy (non-hydrogen) atoms. The van der Waals surface area contributed by atoms with Crippen LogP contribution < -0.4 is 20.0 Å². The summed E-state index contributed by atoms with van der Waals surface area (Å²) in [6.07, 6.45) is 0. The van der Waals surface area contributed by atoms with Gasteiger partial charge < -0.3 is 14.7 Å². The number of anilines is 9. The fourth-order valence-corrected chi connectivity index (χ4v) is 8.49. The van der Waals surface area contributed by atoms with Crippen molar-refractivity contribution in [2.75, 3.05) is 14.7 Å². The van der Waals surface area contributed by atoms with Crippen LogP contribution >= 0.6 is 9.24 Å². The van der Waals surface area contributed by atoms with Crippen LogP contribution in [0.5, 0.6) is 0 Å². The predicted octanol–water partition coefficient (Wildman–Crippen LogP) is 16.2. The molecule has 0 heterocycles. The Morgan fingerprint density at radius 3 is 0.806 bits per heavy atom. The molecule has 0 radical (unpaired) electrons. The van der Waals surface area contributed by atoms with Crippen molar-refractivity contribution in [2.24, 2.45) is 0 Å². The number of hydrogen-bond donors (Lipinski definition) is 0. The van der Waals surface area contributed by atoms with Crippen molar-refractivity contribution in [3.63, 3.8) is 0 Å². The van der Waals surface area contributed by atoms with E-state index in [1.807, 2.05) is 0 Å². The number of nitrogens with zero attached hydrogens (tertiary/aromatic N) is 3. The average Bonchev–Trinajstić information content (AvgIpc) is 3.31. The van der Waals surface area contributed by atoms with E-state index in [-0.39, 0.29) is 0 Å². The predicted molar refractivity (Wildman–Crippen MR) is 270 cm³/mol. The minimum absolute atomic E-state index is 1.08. The van der Waals surface area contributed by atoms with Gasteiger partial charge in [0.25, 0.3) is 0 Å². The third kappa shape index (κ3) is 8.41. The van der Waals surface area contributed by atoms with Gasteiger partial charge in [0.05, 0.1) is 17.1 Å². The second-order valence-corrected chi connectivity index (χ2v) is 16.7. The van der Waals surface area contributed by atoms with E-state index in [1.165, 1.54) is 22.3 Å². The molecule has 0 aromatic heterocycles. The molecule has 1 unspecified atom stereocenters. The van der Waals surface area contributed by atoms with Crippen molar-refractivity contribution in [2.45, 2.75) is 27.7 Å². The van der Waals surface area contributed by atoms with E-state index in [1.54, 1.807) is 0 Å². The molecule has 4 heteroatoms. The quantitative estimate of drug-likeness (QED) is 0.120. The molecule has 0 spiro atoms. The molecule has 0 aliphatic rings. The van der Waals surface area contributed by atoms with E-state index in [4.69, 9.17) is 0 Å². The highest BCUT2D eigenvalue weighted by atomic mass is 31.0. The number of benzene rings is 9. The minimum atomic E-state index is 1.08. The molecule has 3 nitrogen and oxygen atoms in total. The summed E-state index contributed by atoms with van der Waals surface area (Å²) in [5.41, 5.74) is 19.5. The summed E-state index contributed by atoms with van der Waals surface area (Å²) < 4.78 is 0. The van der Waals surface area contributed by atoms with Crippen LogP contribution in [-0.4, -0.2) is 0 Å². The van der Waals surface area contributed by atoms with E-state index in [9.17, 15) is 0 Å². The van der Waals surface area contributed by atoms with Crippen LogP contribution in [0, 0.1) is 27.7 Å². The van der Waals surface area contributed by atoms with E-state index >= 15 is 0 Å². The Morgan fingerprint density at radius 2 is 0.500 bits per heavy atom. The maximum absolute atomic E-state index is 2.91. The normalized spacial score (nSPS) is 11.0. The molecule has 0 saturated carbocycles. The van der Waals surface area contributed by atoms with Crippen molar-refractivity contribution in [1.82, 2.24) is 0 Å². The molecule has 9 aromatic carbocycles. The SMILES string of the molecule is Cc1ccc(N(c2ccc(-c3ccccc3N(c3ccc(C)cc3)c3ccc(-c4ccccc4N(c4ccc(C)cc4)c4ccc(C)cc4)cc3)cc2)c2ccccc2P)cc1. The molecule has 0 N–H and O–H groups in total. The monoisotopic (exact) mass is 819 g/mol. The van der Waals surface area contributed by atoms with Crippen LogP contribution in [0.4, 0.5) is 51.2 Å². The van der Waals surface area contributed by atoms with Crippen LogP contribution in [0.25, 0.3) is 22.3 Å². The Bertz CT molecular complexity index is 2870. The van der Waals surface area contributed by atoms with Gasteiger partial charge in [-0.3, -0.25) is 0 Å². The molecule has 0 aliphatic heterocycles. The maximum Gasteiger partial charge on any atom is 0.0540 e. The molecule has 0 aliphatic carbocycles. The fraction of sp³-hybridized carbons (Fsp3) is 0.0690. The lowest BCUT2D eigenvalue weighted by Gasteiger charge is -2.29. The van der Waals surface area contributed by atoms with E-state index in [0.717, 1.165) is 78.7 Å². The van der Waals surface area contributed by atoms with Crippen molar-refractivity contribution in [1.29, 1.82) is 0 Å². The van der Waals surface area contributed by atoms with Gasteiger partial charge in [-0.1, -0.05) is 150 Å². The van der Waals surface area contributed by atoms with Gasteiger partial charge in [0.15, 0.2) is 0 Å². The molecule has 9 aromatic rings. The molecular formula is C58H50N3P. The number of rotatable bonds is 11. The summed E-state index contributed by atoms with van der Waals surface area (Å²) in [4.78, 5) is 7.07.